The average molecular weight is 499 g/mol. The number of benzene rings is 2. The van der Waals surface area contributed by atoms with Crippen LogP contribution in [-0.2, 0) is 16.1 Å². The van der Waals surface area contributed by atoms with E-state index in [1.807, 2.05) is 30.0 Å². The number of hydrogen-bond donors (Lipinski definition) is 1. The number of piperidine rings is 1. The third kappa shape index (κ3) is 6.91. The van der Waals surface area contributed by atoms with E-state index in [1.165, 1.54) is 0 Å². The van der Waals surface area contributed by atoms with Gasteiger partial charge in [-0.15, -0.1) is 0 Å². The van der Waals surface area contributed by atoms with Gasteiger partial charge in [0.1, 0.15) is 5.75 Å². The van der Waals surface area contributed by atoms with E-state index in [2.05, 4.69) is 5.32 Å². The second-order valence-electron chi connectivity index (χ2n) is 9.19. The number of carbonyl (C=O) groups excluding carboxylic acids is 2. The fourth-order valence-corrected chi connectivity index (χ4v) is 4.27. The molecule has 1 N–H and O–H groups in total. The first-order chi connectivity index (χ1) is 17.3. The van der Waals surface area contributed by atoms with Crippen molar-refractivity contribution in [2.45, 2.75) is 58.7 Å². The second kappa shape index (κ2) is 12.6. The number of amides is 1. The predicted molar refractivity (Wildman–Crippen MR) is 138 cm³/mol. The molecule has 0 aliphatic carbocycles. The molecular formula is C28H38N2O6. The van der Waals surface area contributed by atoms with Crippen LogP contribution in [0.4, 0.5) is 0 Å². The largest absolute Gasteiger partial charge is 0.493 e. The maximum atomic E-state index is 13.8. The number of rotatable bonds is 11. The smallest absolute Gasteiger partial charge is 0.349 e. The Morgan fingerprint density at radius 1 is 1.03 bits per heavy atom. The van der Waals surface area contributed by atoms with Gasteiger partial charge >= 0.3 is 5.97 Å². The summed E-state index contributed by atoms with van der Waals surface area (Å²) in [5, 5.41) is 3.37. The Bertz CT molecular complexity index is 1030. The molecule has 1 amide bonds. The lowest BCUT2D eigenvalue weighted by Crippen LogP contribution is -2.45. The molecule has 1 heterocycles. The van der Waals surface area contributed by atoms with Gasteiger partial charge in [-0.25, -0.2) is 4.79 Å². The van der Waals surface area contributed by atoms with Crippen LogP contribution in [-0.4, -0.2) is 61.8 Å². The lowest BCUT2D eigenvalue weighted by Gasteiger charge is -2.35. The summed E-state index contributed by atoms with van der Waals surface area (Å²) in [6, 6.07) is 12.8. The molecule has 1 fully saturated rings. The zero-order valence-electron chi connectivity index (χ0n) is 22.0. The molecule has 8 nitrogen and oxygen atoms in total. The Morgan fingerprint density at radius 3 is 2.44 bits per heavy atom. The molecule has 1 saturated heterocycles. The number of ether oxygens (including phenoxy) is 4. The highest BCUT2D eigenvalue weighted by atomic mass is 16.6. The van der Waals surface area contributed by atoms with Gasteiger partial charge in [-0.3, -0.25) is 4.79 Å². The number of methoxy groups -OCH3 is 1. The molecule has 1 aliphatic heterocycles. The van der Waals surface area contributed by atoms with Crippen LogP contribution in [0.15, 0.2) is 42.5 Å². The van der Waals surface area contributed by atoms with E-state index >= 15 is 0 Å². The number of nitrogens with one attached hydrogen (secondary N) is 1. The Morgan fingerprint density at radius 2 is 1.78 bits per heavy atom. The fraction of sp³-hybridized carbons (Fsp3) is 0.500. The molecule has 0 atom stereocenters. The quantitative estimate of drug-likeness (QED) is 0.465. The van der Waals surface area contributed by atoms with Crippen LogP contribution in [0.1, 0.15) is 56.5 Å². The molecule has 8 heteroatoms. The summed E-state index contributed by atoms with van der Waals surface area (Å²) in [6.45, 7) is 9.93. The molecule has 2 aromatic rings. The van der Waals surface area contributed by atoms with E-state index in [0.29, 0.717) is 36.0 Å². The minimum atomic E-state index is -1.18. The van der Waals surface area contributed by atoms with Crippen LogP contribution >= 0.6 is 0 Å². The molecular weight excluding hydrogens is 460 g/mol. The van der Waals surface area contributed by atoms with Gasteiger partial charge in [-0.2, -0.15) is 0 Å². The number of carbonyl (C=O) groups is 2. The Labute approximate surface area is 213 Å². The van der Waals surface area contributed by atoms with Gasteiger partial charge < -0.3 is 29.2 Å². The standard InChI is InChI=1S/C28H38N2O6/c1-6-34-25-17-20(11-12-24(25)33-5)19-30(22-13-15-29-16-14-22)26(31)21-9-8-10-23(18-21)36-28(3,4)27(32)35-7-2/h8-12,17-18,22,29H,6-7,13-16,19H2,1-5H3. The predicted octanol–water partition coefficient (Wildman–Crippen LogP) is 4.21. The van der Waals surface area contributed by atoms with E-state index in [0.717, 1.165) is 31.5 Å². The molecule has 196 valence electrons. The molecule has 0 bridgehead atoms. The van der Waals surface area contributed by atoms with E-state index in [1.54, 1.807) is 52.1 Å². The second-order valence-corrected chi connectivity index (χ2v) is 9.19. The molecule has 0 spiro atoms. The van der Waals surface area contributed by atoms with Crippen molar-refractivity contribution in [3.05, 3.63) is 53.6 Å². The van der Waals surface area contributed by atoms with Crippen molar-refractivity contribution >= 4 is 11.9 Å². The molecule has 2 aromatic carbocycles. The fourth-order valence-electron chi connectivity index (χ4n) is 4.27. The van der Waals surface area contributed by atoms with E-state index in [-0.39, 0.29) is 18.6 Å². The van der Waals surface area contributed by atoms with Gasteiger partial charge in [-0.05, 0) is 89.5 Å². The van der Waals surface area contributed by atoms with Crippen molar-refractivity contribution < 1.29 is 28.5 Å². The zero-order valence-corrected chi connectivity index (χ0v) is 22.0. The molecule has 0 saturated carbocycles. The molecule has 0 radical (unpaired) electrons. The minimum Gasteiger partial charge on any atom is -0.493 e. The highest BCUT2D eigenvalue weighted by Crippen LogP contribution is 2.30. The van der Waals surface area contributed by atoms with Gasteiger partial charge in [0.05, 0.1) is 20.3 Å². The first-order valence-corrected chi connectivity index (χ1v) is 12.6. The van der Waals surface area contributed by atoms with Crippen LogP contribution in [0.2, 0.25) is 0 Å². The molecule has 36 heavy (non-hydrogen) atoms. The maximum absolute atomic E-state index is 13.8. The zero-order chi connectivity index (χ0) is 26.1. The van der Waals surface area contributed by atoms with Crippen molar-refractivity contribution in [2.75, 3.05) is 33.4 Å². The van der Waals surface area contributed by atoms with Gasteiger partial charge in [0, 0.05) is 18.2 Å². The SMILES string of the molecule is CCOC(=O)C(C)(C)Oc1cccc(C(=O)N(Cc2ccc(OC)c(OCC)c2)C2CCNCC2)c1. The van der Waals surface area contributed by atoms with Crippen LogP contribution < -0.4 is 19.5 Å². The van der Waals surface area contributed by atoms with Crippen LogP contribution in [0.25, 0.3) is 0 Å². The summed E-state index contributed by atoms with van der Waals surface area (Å²) in [5.41, 5.74) is 0.289. The van der Waals surface area contributed by atoms with Crippen molar-refractivity contribution in [2.24, 2.45) is 0 Å². The van der Waals surface area contributed by atoms with Crippen LogP contribution in [0, 0.1) is 0 Å². The highest BCUT2D eigenvalue weighted by molar-refractivity contribution is 5.95. The van der Waals surface area contributed by atoms with E-state index in [4.69, 9.17) is 18.9 Å². The van der Waals surface area contributed by atoms with Crippen LogP contribution in [0.5, 0.6) is 17.2 Å². The number of nitrogens with zero attached hydrogens (tertiary/aromatic N) is 1. The summed E-state index contributed by atoms with van der Waals surface area (Å²) < 4.78 is 22.2. The lowest BCUT2D eigenvalue weighted by molar-refractivity contribution is -0.158. The average Bonchev–Trinajstić information content (AvgIpc) is 2.88. The lowest BCUT2D eigenvalue weighted by atomic mass is 10.0. The molecule has 3 rings (SSSR count). The summed E-state index contributed by atoms with van der Waals surface area (Å²) >= 11 is 0. The molecule has 0 aromatic heterocycles. The van der Waals surface area contributed by atoms with E-state index < -0.39 is 11.6 Å². The molecule has 1 aliphatic rings. The van der Waals surface area contributed by atoms with Crippen LogP contribution in [0.3, 0.4) is 0 Å². The van der Waals surface area contributed by atoms with Crippen molar-refractivity contribution in [3.8, 4) is 17.2 Å². The van der Waals surface area contributed by atoms with Crippen molar-refractivity contribution in [1.29, 1.82) is 0 Å². The Hall–Kier alpha value is -3.26. The van der Waals surface area contributed by atoms with Crippen molar-refractivity contribution in [3.63, 3.8) is 0 Å². The third-order valence-electron chi connectivity index (χ3n) is 6.11. The van der Waals surface area contributed by atoms with Gasteiger partial charge in [0.25, 0.3) is 5.91 Å². The van der Waals surface area contributed by atoms with Gasteiger partial charge in [0.2, 0.25) is 0 Å². The maximum Gasteiger partial charge on any atom is 0.349 e. The summed E-state index contributed by atoms with van der Waals surface area (Å²) in [4.78, 5) is 28.0. The summed E-state index contributed by atoms with van der Waals surface area (Å²) in [5.74, 6) is 1.21. The van der Waals surface area contributed by atoms with Gasteiger partial charge in [-0.1, -0.05) is 12.1 Å². The van der Waals surface area contributed by atoms with Crippen molar-refractivity contribution in [1.82, 2.24) is 10.2 Å². The minimum absolute atomic E-state index is 0.0879. The number of hydrogen-bond acceptors (Lipinski definition) is 7. The highest BCUT2D eigenvalue weighted by Gasteiger charge is 2.32. The first-order valence-electron chi connectivity index (χ1n) is 12.6. The van der Waals surface area contributed by atoms with Gasteiger partial charge in [0.15, 0.2) is 17.1 Å². The monoisotopic (exact) mass is 498 g/mol. The third-order valence-corrected chi connectivity index (χ3v) is 6.11. The first kappa shape index (κ1) is 27.3. The molecule has 0 unspecified atom stereocenters. The number of esters is 1. The normalized spacial score (nSPS) is 14.1. The Kier molecular flexibility index (Phi) is 9.58. The summed E-state index contributed by atoms with van der Waals surface area (Å²) in [7, 11) is 1.61. The Balaban J connectivity index is 1.87. The van der Waals surface area contributed by atoms with E-state index in [9.17, 15) is 9.59 Å². The topological polar surface area (TPSA) is 86.3 Å². The summed E-state index contributed by atoms with van der Waals surface area (Å²) in [6.07, 6.45) is 1.73.